The number of furan rings is 1. The van der Waals surface area contributed by atoms with E-state index in [1.165, 1.54) is 12.5 Å². The highest BCUT2D eigenvalue weighted by molar-refractivity contribution is 5.66. The molecule has 0 aromatic carbocycles. The van der Waals surface area contributed by atoms with Crippen LogP contribution in [0.1, 0.15) is 102 Å². The quantitative estimate of drug-likeness (QED) is 0.380. The van der Waals surface area contributed by atoms with Crippen LogP contribution in [0, 0.1) is 0 Å². The fourth-order valence-corrected chi connectivity index (χ4v) is 3.97. The van der Waals surface area contributed by atoms with Gasteiger partial charge >= 0.3 is 5.97 Å². The molecular formula is C22H32O4. The second-order valence-electron chi connectivity index (χ2n) is 8.47. The molecule has 2 aliphatic heterocycles. The van der Waals surface area contributed by atoms with Gasteiger partial charge in [-0.05, 0) is 51.5 Å². The SMILES string of the molecule is CC(=O)O[C@H]1c2oc(cc2C(C)C)[C@@H](C)CC/C=C(/C)CC[C@H]2O[C@]21C. The lowest BCUT2D eigenvalue weighted by Crippen LogP contribution is -2.26. The first-order valence-electron chi connectivity index (χ1n) is 9.86. The first kappa shape index (κ1) is 19.2. The molecule has 1 aromatic rings. The summed E-state index contributed by atoms with van der Waals surface area (Å²) in [4.78, 5) is 11.8. The van der Waals surface area contributed by atoms with E-state index in [-0.39, 0.29) is 12.1 Å². The lowest BCUT2D eigenvalue weighted by Gasteiger charge is -2.22. The molecular weight excluding hydrogens is 328 g/mol. The topological polar surface area (TPSA) is 52.0 Å². The summed E-state index contributed by atoms with van der Waals surface area (Å²) in [7, 11) is 0. The Bertz CT molecular complexity index is 699. The summed E-state index contributed by atoms with van der Waals surface area (Å²) < 4.78 is 18.2. The van der Waals surface area contributed by atoms with E-state index in [4.69, 9.17) is 13.9 Å². The fraction of sp³-hybridized carbons (Fsp3) is 0.682. The molecule has 3 rings (SSSR count). The van der Waals surface area contributed by atoms with E-state index in [1.807, 2.05) is 6.92 Å². The zero-order chi connectivity index (χ0) is 19.1. The van der Waals surface area contributed by atoms with Gasteiger partial charge in [0.25, 0.3) is 0 Å². The molecule has 1 saturated heterocycles. The van der Waals surface area contributed by atoms with Crippen LogP contribution in [0.15, 0.2) is 22.1 Å². The summed E-state index contributed by atoms with van der Waals surface area (Å²) in [6.45, 7) is 12.2. The first-order chi connectivity index (χ1) is 12.2. The van der Waals surface area contributed by atoms with Gasteiger partial charge in [-0.15, -0.1) is 0 Å². The van der Waals surface area contributed by atoms with Gasteiger partial charge in [0.1, 0.15) is 11.4 Å². The molecule has 0 amide bonds. The Morgan fingerprint density at radius 2 is 2.08 bits per heavy atom. The van der Waals surface area contributed by atoms with E-state index in [2.05, 4.69) is 39.8 Å². The van der Waals surface area contributed by atoms with Crippen LogP contribution in [0.3, 0.4) is 0 Å². The smallest absolute Gasteiger partial charge is 0.303 e. The highest BCUT2D eigenvalue weighted by atomic mass is 16.7. The number of carbonyl (C=O) groups is 1. The minimum Gasteiger partial charge on any atom is -0.461 e. The molecule has 4 nitrogen and oxygen atoms in total. The molecule has 0 spiro atoms. The molecule has 0 aliphatic carbocycles. The molecule has 144 valence electrons. The van der Waals surface area contributed by atoms with Crippen molar-refractivity contribution in [2.24, 2.45) is 0 Å². The second-order valence-corrected chi connectivity index (χ2v) is 8.47. The maximum Gasteiger partial charge on any atom is 0.303 e. The highest BCUT2D eigenvalue weighted by Crippen LogP contribution is 2.52. The summed E-state index contributed by atoms with van der Waals surface area (Å²) in [6.07, 6.45) is 5.99. The molecule has 2 aliphatic rings. The number of hydrogen-bond acceptors (Lipinski definition) is 4. The first-order valence-corrected chi connectivity index (χ1v) is 9.86. The predicted molar refractivity (Wildman–Crippen MR) is 101 cm³/mol. The van der Waals surface area contributed by atoms with Crippen molar-refractivity contribution >= 4 is 5.97 Å². The van der Waals surface area contributed by atoms with Crippen molar-refractivity contribution in [1.29, 1.82) is 0 Å². The van der Waals surface area contributed by atoms with E-state index in [9.17, 15) is 4.79 Å². The van der Waals surface area contributed by atoms with Crippen molar-refractivity contribution in [3.63, 3.8) is 0 Å². The van der Waals surface area contributed by atoms with Crippen LogP contribution >= 0.6 is 0 Å². The van der Waals surface area contributed by atoms with Gasteiger partial charge in [0.2, 0.25) is 0 Å². The average molecular weight is 360 g/mol. The monoisotopic (exact) mass is 360 g/mol. The van der Waals surface area contributed by atoms with Crippen LogP contribution in [-0.4, -0.2) is 17.7 Å². The number of esters is 1. The van der Waals surface area contributed by atoms with Crippen molar-refractivity contribution < 1.29 is 18.7 Å². The Morgan fingerprint density at radius 1 is 1.35 bits per heavy atom. The fourth-order valence-electron chi connectivity index (χ4n) is 3.97. The molecule has 4 atom stereocenters. The zero-order valence-corrected chi connectivity index (χ0v) is 16.9. The number of fused-ring (bicyclic) bond motifs is 3. The van der Waals surface area contributed by atoms with E-state index in [1.54, 1.807) is 0 Å². The van der Waals surface area contributed by atoms with Gasteiger partial charge in [-0.25, -0.2) is 0 Å². The van der Waals surface area contributed by atoms with Gasteiger partial charge in [0.15, 0.2) is 11.9 Å². The molecule has 0 unspecified atom stereocenters. The normalized spacial score (nSPS) is 34.0. The third-order valence-electron chi connectivity index (χ3n) is 5.83. The van der Waals surface area contributed by atoms with E-state index in [0.29, 0.717) is 11.8 Å². The van der Waals surface area contributed by atoms with Gasteiger partial charge in [0, 0.05) is 18.4 Å². The van der Waals surface area contributed by atoms with Crippen molar-refractivity contribution in [2.45, 2.75) is 96.9 Å². The largest absolute Gasteiger partial charge is 0.461 e. The van der Waals surface area contributed by atoms with E-state index in [0.717, 1.165) is 42.8 Å². The average Bonchev–Trinajstić information content (AvgIpc) is 3.02. The molecule has 1 fully saturated rings. The highest BCUT2D eigenvalue weighted by Gasteiger charge is 2.61. The molecule has 3 heterocycles. The van der Waals surface area contributed by atoms with Crippen molar-refractivity contribution in [3.05, 3.63) is 34.8 Å². The molecule has 0 saturated carbocycles. The number of hydrogen-bond donors (Lipinski definition) is 0. The Labute approximate surface area is 156 Å². The standard InChI is InChI=1S/C22H32O4/c1-13(2)17-12-18-15(4)9-7-8-14(3)10-11-19-22(6,26-19)21(20(17)25-18)24-16(5)23/h8,12-13,15,19,21H,7,9-11H2,1-6H3/b14-8-/t15-,19+,21-,22+/m0/s1. The predicted octanol–water partition coefficient (Wildman–Crippen LogP) is 5.79. The maximum absolute atomic E-state index is 11.8. The Kier molecular flexibility index (Phi) is 5.34. The summed E-state index contributed by atoms with van der Waals surface area (Å²) in [5.74, 6) is 2.07. The van der Waals surface area contributed by atoms with Gasteiger partial charge in [-0.1, -0.05) is 32.4 Å². The number of allylic oxidation sites excluding steroid dienone is 2. The molecule has 2 bridgehead atoms. The van der Waals surface area contributed by atoms with Crippen LogP contribution in [0.4, 0.5) is 0 Å². The summed E-state index contributed by atoms with van der Waals surface area (Å²) in [5.41, 5.74) is 2.01. The summed E-state index contributed by atoms with van der Waals surface area (Å²) >= 11 is 0. The van der Waals surface area contributed by atoms with Gasteiger partial charge < -0.3 is 13.9 Å². The minimum absolute atomic E-state index is 0.0851. The molecule has 4 heteroatoms. The number of epoxide rings is 1. The van der Waals surface area contributed by atoms with Crippen LogP contribution in [0.25, 0.3) is 0 Å². The second kappa shape index (κ2) is 7.22. The maximum atomic E-state index is 11.8. The molecule has 0 N–H and O–H groups in total. The van der Waals surface area contributed by atoms with Crippen LogP contribution in [0.2, 0.25) is 0 Å². The zero-order valence-electron chi connectivity index (χ0n) is 16.9. The lowest BCUT2D eigenvalue weighted by molar-refractivity contribution is -0.151. The number of rotatable bonds is 2. The van der Waals surface area contributed by atoms with Gasteiger partial charge in [-0.3, -0.25) is 4.79 Å². The van der Waals surface area contributed by atoms with Crippen LogP contribution < -0.4 is 0 Å². The van der Waals surface area contributed by atoms with Crippen molar-refractivity contribution in [1.82, 2.24) is 0 Å². The Morgan fingerprint density at radius 3 is 2.73 bits per heavy atom. The minimum atomic E-state index is -0.512. The third-order valence-corrected chi connectivity index (χ3v) is 5.83. The van der Waals surface area contributed by atoms with Crippen LogP contribution in [-0.2, 0) is 14.3 Å². The molecule has 26 heavy (non-hydrogen) atoms. The van der Waals surface area contributed by atoms with Crippen molar-refractivity contribution in [3.8, 4) is 0 Å². The Balaban J connectivity index is 2.05. The van der Waals surface area contributed by atoms with E-state index >= 15 is 0 Å². The molecule has 0 radical (unpaired) electrons. The van der Waals surface area contributed by atoms with Gasteiger partial charge in [0.05, 0.1) is 6.10 Å². The molecule has 1 aromatic heterocycles. The number of ether oxygens (including phenoxy) is 2. The Hall–Kier alpha value is -1.55. The third kappa shape index (κ3) is 3.75. The number of carbonyl (C=O) groups excluding carboxylic acids is 1. The summed E-state index contributed by atoms with van der Waals surface area (Å²) in [6, 6.07) is 2.16. The lowest BCUT2D eigenvalue weighted by atomic mass is 9.90. The van der Waals surface area contributed by atoms with E-state index < -0.39 is 11.7 Å². The van der Waals surface area contributed by atoms with Gasteiger partial charge in [-0.2, -0.15) is 0 Å². The van der Waals surface area contributed by atoms with Crippen LogP contribution in [0.5, 0.6) is 0 Å². The van der Waals surface area contributed by atoms with Crippen molar-refractivity contribution in [2.75, 3.05) is 0 Å². The summed E-state index contributed by atoms with van der Waals surface area (Å²) in [5, 5.41) is 0.